The molecule has 24 heavy (non-hydrogen) atoms. The van der Waals surface area contributed by atoms with E-state index in [9.17, 15) is 19.8 Å². The van der Waals surface area contributed by atoms with Gasteiger partial charge in [-0.25, -0.2) is 9.36 Å². The molecule has 1 aromatic rings. The number of thioether (sulfide) groups is 2. The first kappa shape index (κ1) is 17.3. The van der Waals surface area contributed by atoms with E-state index in [0.717, 1.165) is 0 Å². The van der Waals surface area contributed by atoms with Crippen LogP contribution < -0.4 is 4.57 Å². The molecule has 0 aliphatic carbocycles. The molecule has 2 N–H and O–H groups in total. The molecule has 0 radical (unpaired) electrons. The lowest BCUT2D eigenvalue weighted by Gasteiger charge is -2.43. The number of nitrogens with zero attached hydrogens (tertiary/aromatic N) is 2. The van der Waals surface area contributed by atoms with Gasteiger partial charge in [-0.15, -0.1) is 11.8 Å². The molecule has 6 nitrogen and oxygen atoms in total. The highest BCUT2D eigenvalue weighted by atomic mass is 32.2. The molecule has 4 atom stereocenters. The summed E-state index contributed by atoms with van der Waals surface area (Å²) in [6.45, 7) is 3.63. The van der Waals surface area contributed by atoms with Gasteiger partial charge in [-0.2, -0.15) is 0 Å². The van der Waals surface area contributed by atoms with Crippen LogP contribution >= 0.6 is 23.5 Å². The van der Waals surface area contributed by atoms with Crippen LogP contribution in [0.5, 0.6) is 0 Å². The number of rotatable bonds is 6. The highest BCUT2D eigenvalue weighted by Crippen LogP contribution is 2.53. The van der Waals surface area contributed by atoms with Crippen molar-refractivity contribution in [2.24, 2.45) is 5.92 Å². The summed E-state index contributed by atoms with van der Waals surface area (Å²) in [5, 5.41) is 18.9. The zero-order valence-electron chi connectivity index (χ0n) is 13.3. The van der Waals surface area contributed by atoms with E-state index in [0.29, 0.717) is 9.99 Å². The lowest BCUT2D eigenvalue weighted by molar-refractivity contribution is -0.715. The number of carboxylic acids is 1. The van der Waals surface area contributed by atoms with Crippen molar-refractivity contribution in [2.45, 2.75) is 31.4 Å². The van der Waals surface area contributed by atoms with Gasteiger partial charge in [0.2, 0.25) is 5.91 Å². The molecule has 3 heterocycles. The summed E-state index contributed by atoms with van der Waals surface area (Å²) in [6.07, 6.45) is 3.17. The third-order valence-electron chi connectivity index (χ3n) is 4.17. The maximum atomic E-state index is 12.1. The Hall–Kier alpha value is -1.51. The number of aliphatic hydroxyl groups excluding tert-OH is 1. The minimum Gasteiger partial charge on any atom is -0.477 e. The second-order valence-electron chi connectivity index (χ2n) is 5.91. The number of aromatic nitrogens is 1. The first-order valence-corrected chi connectivity index (χ1v) is 9.52. The van der Waals surface area contributed by atoms with Gasteiger partial charge >= 0.3 is 5.97 Å². The number of hydrogen-bond donors (Lipinski definition) is 2. The minimum atomic E-state index is -1.09. The summed E-state index contributed by atoms with van der Waals surface area (Å²) in [4.78, 5) is 25.1. The van der Waals surface area contributed by atoms with E-state index in [1.54, 1.807) is 6.92 Å². The van der Waals surface area contributed by atoms with Gasteiger partial charge in [0.25, 0.3) is 0 Å². The summed E-state index contributed by atoms with van der Waals surface area (Å²) >= 11 is 2.82. The standard InChI is InChI=1S/C16H18N2O4S2/c1-9(17-6-4-3-5-7-17)8-23-16-12(15(21)22)18-13(20)11(10(2)19)14(18)24-16/h3-7,9-11,14,19H,8H2,1-2H3/p+1/t9?,10-,11+,14-/m1/s1. The van der Waals surface area contributed by atoms with Gasteiger partial charge in [0, 0.05) is 12.1 Å². The van der Waals surface area contributed by atoms with Crippen molar-refractivity contribution in [3.8, 4) is 0 Å². The fourth-order valence-electron chi connectivity index (χ4n) is 2.84. The van der Waals surface area contributed by atoms with E-state index >= 15 is 0 Å². The zero-order valence-corrected chi connectivity index (χ0v) is 15.0. The predicted molar refractivity (Wildman–Crippen MR) is 91.9 cm³/mol. The molecule has 1 saturated heterocycles. The van der Waals surface area contributed by atoms with Crippen molar-refractivity contribution >= 4 is 35.4 Å². The molecule has 8 heteroatoms. The van der Waals surface area contributed by atoms with Crippen LogP contribution in [0.2, 0.25) is 0 Å². The van der Waals surface area contributed by atoms with Gasteiger partial charge in [0.1, 0.15) is 5.37 Å². The number of carboxylic acid groups (broad SMARTS) is 1. The Kier molecular flexibility index (Phi) is 4.89. The molecule has 0 saturated carbocycles. The maximum absolute atomic E-state index is 12.1. The number of carbonyl (C=O) groups excluding carboxylic acids is 1. The molecule has 128 valence electrons. The Bertz CT molecular complexity index is 693. The molecule has 2 aliphatic rings. The first-order valence-electron chi connectivity index (χ1n) is 7.65. The van der Waals surface area contributed by atoms with Crippen LogP contribution in [0.15, 0.2) is 40.5 Å². The van der Waals surface area contributed by atoms with Crippen LogP contribution in [-0.2, 0) is 9.59 Å². The number of amides is 1. The molecule has 3 rings (SSSR count). The van der Waals surface area contributed by atoms with Gasteiger partial charge in [0.05, 0.1) is 22.0 Å². The normalized spacial score (nSPS) is 25.3. The van der Waals surface area contributed by atoms with Crippen LogP contribution in [0.4, 0.5) is 0 Å². The van der Waals surface area contributed by atoms with Crippen molar-refractivity contribution in [3.05, 3.63) is 40.5 Å². The molecule has 1 amide bonds. The maximum Gasteiger partial charge on any atom is 0.354 e. The van der Waals surface area contributed by atoms with Crippen LogP contribution in [0.3, 0.4) is 0 Å². The quantitative estimate of drug-likeness (QED) is 0.585. The summed E-state index contributed by atoms with van der Waals surface area (Å²) in [7, 11) is 0. The Labute approximate surface area is 148 Å². The van der Waals surface area contributed by atoms with E-state index in [1.807, 2.05) is 30.6 Å². The van der Waals surface area contributed by atoms with Crippen molar-refractivity contribution in [3.63, 3.8) is 0 Å². The summed E-state index contributed by atoms with van der Waals surface area (Å²) < 4.78 is 2.71. The third kappa shape index (κ3) is 2.94. The lowest BCUT2D eigenvalue weighted by Crippen LogP contribution is -2.60. The molecular formula is C16H19N2O4S2+. The summed E-state index contributed by atoms with van der Waals surface area (Å²) in [5.41, 5.74) is 0.0576. The fourth-order valence-corrected chi connectivity index (χ4v) is 5.82. The Morgan fingerprint density at radius 2 is 2.04 bits per heavy atom. The number of pyridine rings is 1. The molecule has 1 unspecified atom stereocenters. The zero-order chi connectivity index (χ0) is 17.4. The van der Waals surface area contributed by atoms with E-state index in [2.05, 4.69) is 11.5 Å². The van der Waals surface area contributed by atoms with Crippen LogP contribution in [0.1, 0.15) is 19.9 Å². The number of hydrogen-bond acceptors (Lipinski definition) is 5. The number of β-lactam (4-membered cyclic amide) rings is 1. The highest BCUT2D eigenvalue weighted by molar-refractivity contribution is 8.22. The Balaban J connectivity index is 1.73. The topological polar surface area (TPSA) is 81.7 Å². The van der Waals surface area contributed by atoms with Crippen molar-refractivity contribution in [1.82, 2.24) is 4.90 Å². The number of carbonyl (C=O) groups is 2. The van der Waals surface area contributed by atoms with Crippen molar-refractivity contribution in [1.29, 1.82) is 0 Å². The van der Waals surface area contributed by atoms with E-state index in [-0.39, 0.29) is 23.0 Å². The highest BCUT2D eigenvalue weighted by Gasteiger charge is 2.57. The molecule has 0 spiro atoms. The molecule has 1 fully saturated rings. The molecule has 1 aromatic heterocycles. The van der Waals surface area contributed by atoms with Crippen LogP contribution in [0, 0.1) is 5.92 Å². The van der Waals surface area contributed by atoms with Gasteiger partial charge in [-0.1, -0.05) is 17.8 Å². The smallest absolute Gasteiger partial charge is 0.354 e. The first-order chi connectivity index (χ1) is 11.4. The van der Waals surface area contributed by atoms with Gasteiger partial charge in [0.15, 0.2) is 24.1 Å². The predicted octanol–water partition coefficient (Wildman–Crippen LogP) is 1.43. The summed E-state index contributed by atoms with van der Waals surface area (Å²) in [6, 6.07) is 6.04. The lowest BCUT2D eigenvalue weighted by atomic mass is 9.92. The third-order valence-corrected chi connectivity index (χ3v) is 7.07. The average Bonchev–Trinajstić information content (AvgIpc) is 2.87. The Morgan fingerprint density at radius 1 is 1.38 bits per heavy atom. The molecule has 2 aliphatic heterocycles. The number of aliphatic hydroxyl groups is 1. The number of aliphatic carboxylic acids is 1. The van der Waals surface area contributed by atoms with Gasteiger partial charge in [-0.05, 0) is 13.8 Å². The SMILES string of the molecule is CC(CSC1=C(C(=O)O)N2C(=O)[C@H]([C@@H](C)O)[C@H]2S1)[n+]1ccccc1. The summed E-state index contributed by atoms with van der Waals surface area (Å²) in [5.74, 6) is -1.23. The second-order valence-corrected chi connectivity index (χ2v) is 8.32. The molecular weight excluding hydrogens is 348 g/mol. The second kappa shape index (κ2) is 6.78. The molecule has 0 aromatic carbocycles. The van der Waals surface area contributed by atoms with E-state index in [4.69, 9.17) is 0 Å². The van der Waals surface area contributed by atoms with Crippen molar-refractivity contribution < 1.29 is 24.4 Å². The van der Waals surface area contributed by atoms with Crippen LogP contribution in [-0.4, -0.2) is 44.2 Å². The monoisotopic (exact) mass is 367 g/mol. The van der Waals surface area contributed by atoms with Crippen molar-refractivity contribution in [2.75, 3.05) is 5.75 Å². The van der Waals surface area contributed by atoms with E-state index in [1.165, 1.54) is 28.4 Å². The number of fused-ring (bicyclic) bond motifs is 1. The minimum absolute atomic E-state index is 0.0576. The fraction of sp³-hybridized carbons (Fsp3) is 0.438. The van der Waals surface area contributed by atoms with E-state index < -0.39 is 18.0 Å². The van der Waals surface area contributed by atoms with Gasteiger partial charge < -0.3 is 10.2 Å². The molecule has 0 bridgehead atoms. The largest absolute Gasteiger partial charge is 0.477 e. The van der Waals surface area contributed by atoms with Gasteiger partial charge in [-0.3, -0.25) is 9.69 Å². The average molecular weight is 367 g/mol. The van der Waals surface area contributed by atoms with Crippen LogP contribution in [0.25, 0.3) is 0 Å². The Morgan fingerprint density at radius 3 is 2.62 bits per heavy atom.